The molecule has 1 heterocycles. The summed E-state index contributed by atoms with van der Waals surface area (Å²) in [6, 6.07) is 5.24. The molecule has 1 aromatic carbocycles. The smallest absolute Gasteiger partial charge is 0.381 e. The number of amides is 1. The molecule has 2 aliphatic rings. The fraction of sp³-hybridized carbons (Fsp3) is 0.562. The predicted octanol–water partition coefficient (Wildman–Crippen LogP) is 2.19. The minimum atomic E-state index is -4.39. The number of alkyl halides is 3. The van der Waals surface area contributed by atoms with Crippen molar-refractivity contribution in [2.24, 2.45) is 5.73 Å². The highest BCUT2D eigenvalue weighted by Crippen LogP contribution is 2.46. The maximum absolute atomic E-state index is 13.1. The van der Waals surface area contributed by atoms with Crippen molar-refractivity contribution in [2.45, 2.75) is 42.9 Å². The summed E-state index contributed by atoms with van der Waals surface area (Å²) in [6.45, 7) is 0.851. The van der Waals surface area contributed by atoms with Crippen LogP contribution >= 0.6 is 0 Å². The molecular formula is C16H19F3N2O2. The van der Waals surface area contributed by atoms with E-state index >= 15 is 0 Å². The van der Waals surface area contributed by atoms with E-state index in [9.17, 15) is 18.0 Å². The maximum atomic E-state index is 13.1. The fourth-order valence-corrected chi connectivity index (χ4v) is 3.05. The number of hydrogen-bond donors (Lipinski definition) is 2. The Balaban J connectivity index is 1.68. The first kappa shape index (κ1) is 16.3. The van der Waals surface area contributed by atoms with Crippen LogP contribution in [0.4, 0.5) is 13.2 Å². The third-order valence-corrected chi connectivity index (χ3v) is 4.61. The van der Waals surface area contributed by atoms with Crippen LogP contribution < -0.4 is 11.1 Å². The van der Waals surface area contributed by atoms with Gasteiger partial charge in [-0.05, 0) is 30.9 Å². The SMILES string of the molecule is NC1(C(=O)NC2CC2c2ccccc2C(F)(F)F)CCOCC1. The van der Waals surface area contributed by atoms with Crippen LogP contribution in [0.1, 0.15) is 36.3 Å². The Labute approximate surface area is 132 Å². The molecule has 7 heteroatoms. The number of benzene rings is 1. The number of rotatable bonds is 3. The second-order valence-corrected chi connectivity index (χ2v) is 6.28. The average molecular weight is 328 g/mol. The van der Waals surface area contributed by atoms with Crippen LogP contribution in [0.5, 0.6) is 0 Å². The molecule has 4 nitrogen and oxygen atoms in total. The van der Waals surface area contributed by atoms with Gasteiger partial charge in [0.25, 0.3) is 0 Å². The highest BCUT2D eigenvalue weighted by molar-refractivity contribution is 5.86. The van der Waals surface area contributed by atoms with E-state index in [-0.39, 0.29) is 23.4 Å². The van der Waals surface area contributed by atoms with E-state index < -0.39 is 17.3 Å². The Morgan fingerprint density at radius 3 is 2.57 bits per heavy atom. The number of carbonyl (C=O) groups excluding carboxylic acids is 1. The molecule has 0 spiro atoms. The van der Waals surface area contributed by atoms with Crippen molar-refractivity contribution in [2.75, 3.05) is 13.2 Å². The lowest BCUT2D eigenvalue weighted by atomic mass is 9.90. The first-order valence-electron chi connectivity index (χ1n) is 7.65. The lowest BCUT2D eigenvalue weighted by molar-refractivity contribution is -0.138. The van der Waals surface area contributed by atoms with Crippen molar-refractivity contribution < 1.29 is 22.7 Å². The number of ether oxygens (including phenoxy) is 1. The van der Waals surface area contributed by atoms with Gasteiger partial charge < -0.3 is 15.8 Å². The molecule has 2 atom stereocenters. The molecule has 1 aromatic rings. The van der Waals surface area contributed by atoms with Gasteiger partial charge in [-0.1, -0.05) is 18.2 Å². The quantitative estimate of drug-likeness (QED) is 0.894. The lowest BCUT2D eigenvalue weighted by Crippen LogP contribution is -2.57. The summed E-state index contributed by atoms with van der Waals surface area (Å²) < 4.78 is 44.4. The number of nitrogens with two attached hydrogens (primary N) is 1. The van der Waals surface area contributed by atoms with E-state index in [1.165, 1.54) is 12.1 Å². The molecular weight excluding hydrogens is 309 g/mol. The monoisotopic (exact) mass is 328 g/mol. The highest BCUT2D eigenvalue weighted by atomic mass is 19.4. The van der Waals surface area contributed by atoms with E-state index in [0.717, 1.165) is 6.07 Å². The zero-order valence-electron chi connectivity index (χ0n) is 12.5. The summed E-state index contributed by atoms with van der Waals surface area (Å²) in [6.07, 6.45) is -3.03. The number of carbonyl (C=O) groups is 1. The Morgan fingerprint density at radius 1 is 1.26 bits per heavy atom. The fourth-order valence-electron chi connectivity index (χ4n) is 3.05. The molecule has 126 valence electrons. The lowest BCUT2D eigenvalue weighted by Gasteiger charge is -2.31. The zero-order chi connectivity index (χ0) is 16.7. The molecule has 1 amide bonds. The molecule has 1 aliphatic carbocycles. The van der Waals surface area contributed by atoms with Crippen LogP contribution in [0, 0.1) is 0 Å². The number of nitrogens with one attached hydrogen (secondary N) is 1. The van der Waals surface area contributed by atoms with Crippen LogP contribution in [0.2, 0.25) is 0 Å². The van der Waals surface area contributed by atoms with Gasteiger partial charge in [-0.15, -0.1) is 0 Å². The summed E-state index contributed by atoms with van der Waals surface area (Å²) in [7, 11) is 0. The van der Waals surface area contributed by atoms with Gasteiger partial charge in [-0.25, -0.2) is 0 Å². The molecule has 2 fully saturated rings. The van der Waals surface area contributed by atoms with E-state index in [2.05, 4.69) is 5.32 Å². The summed E-state index contributed by atoms with van der Waals surface area (Å²) in [5, 5.41) is 2.80. The Hall–Kier alpha value is -1.60. The van der Waals surface area contributed by atoms with Gasteiger partial charge in [0.15, 0.2) is 0 Å². The molecule has 23 heavy (non-hydrogen) atoms. The van der Waals surface area contributed by atoms with E-state index in [1.807, 2.05) is 0 Å². The van der Waals surface area contributed by atoms with Crippen molar-refractivity contribution in [3.63, 3.8) is 0 Å². The van der Waals surface area contributed by atoms with Gasteiger partial charge >= 0.3 is 6.18 Å². The second-order valence-electron chi connectivity index (χ2n) is 6.28. The molecule has 1 saturated carbocycles. The molecule has 2 unspecified atom stereocenters. The summed E-state index contributed by atoms with van der Waals surface area (Å²) in [5.74, 6) is -0.599. The number of hydrogen-bond acceptors (Lipinski definition) is 3. The molecule has 0 aromatic heterocycles. The standard InChI is InChI=1S/C16H19F3N2O2/c17-16(18,19)12-4-2-1-3-10(12)11-9-13(11)21-14(22)15(20)5-7-23-8-6-15/h1-4,11,13H,5-9,20H2,(H,21,22). The van der Waals surface area contributed by atoms with Gasteiger partial charge in [-0.2, -0.15) is 13.2 Å². The van der Waals surface area contributed by atoms with Crippen molar-refractivity contribution in [1.82, 2.24) is 5.32 Å². The van der Waals surface area contributed by atoms with E-state index in [4.69, 9.17) is 10.5 Å². The van der Waals surface area contributed by atoms with Crippen molar-refractivity contribution >= 4 is 5.91 Å². The topological polar surface area (TPSA) is 64.4 Å². The minimum Gasteiger partial charge on any atom is -0.381 e. The van der Waals surface area contributed by atoms with Gasteiger partial charge in [0.05, 0.1) is 11.1 Å². The molecule has 1 aliphatic heterocycles. The third-order valence-electron chi connectivity index (χ3n) is 4.61. The Kier molecular flexibility index (Phi) is 4.10. The van der Waals surface area contributed by atoms with Gasteiger partial charge in [0, 0.05) is 25.2 Å². The first-order valence-corrected chi connectivity index (χ1v) is 7.65. The van der Waals surface area contributed by atoms with Gasteiger partial charge in [0.2, 0.25) is 5.91 Å². The Morgan fingerprint density at radius 2 is 1.91 bits per heavy atom. The van der Waals surface area contributed by atoms with Crippen molar-refractivity contribution in [3.05, 3.63) is 35.4 Å². The second kappa shape index (κ2) is 5.79. The largest absolute Gasteiger partial charge is 0.416 e. The summed E-state index contributed by atoms with van der Waals surface area (Å²) >= 11 is 0. The van der Waals surface area contributed by atoms with Crippen LogP contribution in [-0.2, 0) is 15.7 Å². The van der Waals surface area contributed by atoms with Crippen LogP contribution in [0.15, 0.2) is 24.3 Å². The predicted molar refractivity (Wildman–Crippen MR) is 77.7 cm³/mol. The molecule has 3 rings (SSSR count). The Bertz CT molecular complexity index is 597. The number of halogens is 3. The molecule has 1 saturated heterocycles. The van der Waals surface area contributed by atoms with Crippen LogP contribution in [0.25, 0.3) is 0 Å². The van der Waals surface area contributed by atoms with Crippen LogP contribution in [0.3, 0.4) is 0 Å². The third kappa shape index (κ3) is 3.35. The summed E-state index contributed by atoms with van der Waals surface area (Å²) in [5.41, 5.74) is 4.72. The van der Waals surface area contributed by atoms with E-state index in [0.29, 0.717) is 32.5 Å². The van der Waals surface area contributed by atoms with E-state index in [1.54, 1.807) is 6.07 Å². The normalized spacial score (nSPS) is 26.6. The zero-order valence-corrected chi connectivity index (χ0v) is 12.5. The summed E-state index contributed by atoms with van der Waals surface area (Å²) in [4.78, 5) is 12.3. The van der Waals surface area contributed by atoms with Gasteiger partial charge in [0.1, 0.15) is 0 Å². The molecule has 3 N–H and O–H groups in total. The molecule has 0 bridgehead atoms. The van der Waals surface area contributed by atoms with Crippen LogP contribution in [-0.4, -0.2) is 30.7 Å². The van der Waals surface area contributed by atoms with Crippen molar-refractivity contribution in [1.29, 1.82) is 0 Å². The van der Waals surface area contributed by atoms with Gasteiger partial charge in [-0.3, -0.25) is 4.79 Å². The maximum Gasteiger partial charge on any atom is 0.416 e. The minimum absolute atomic E-state index is 0.239. The van der Waals surface area contributed by atoms with Crippen molar-refractivity contribution in [3.8, 4) is 0 Å². The highest BCUT2D eigenvalue weighted by Gasteiger charge is 2.47. The molecule has 0 radical (unpaired) electrons. The average Bonchev–Trinajstić information content (AvgIpc) is 3.26. The first-order chi connectivity index (χ1) is 10.8.